The molecule has 0 aliphatic carbocycles. The monoisotopic (exact) mass is 393 g/mol. The van der Waals surface area contributed by atoms with Gasteiger partial charge in [-0.25, -0.2) is 0 Å². The van der Waals surface area contributed by atoms with Crippen LogP contribution in [-0.2, 0) is 17.9 Å². The summed E-state index contributed by atoms with van der Waals surface area (Å²) >= 11 is 0. The van der Waals surface area contributed by atoms with Crippen molar-refractivity contribution in [1.82, 2.24) is 4.90 Å². The van der Waals surface area contributed by atoms with E-state index in [0.717, 1.165) is 51.3 Å². The molecule has 2 fully saturated rings. The number of nitrogens with one attached hydrogen (secondary N) is 1. The summed E-state index contributed by atoms with van der Waals surface area (Å²) in [5, 5.41) is 0. The Morgan fingerprint density at radius 2 is 1.59 bits per heavy atom. The van der Waals surface area contributed by atoms with E-state index < -0.39 is 0 Å². The Labute approximate surface area is 174 Å². The predicted octanol–water partition coefficient (Wildman–Crippen LogP) is 3.07. The molecule has 2 aromatic carbocycles. The second kappa shape index (κ2) is 9.93. The molecular weight excluding hydrogens is 360 g/mol. The Kier molecular flexibility index (Phi) is 6.83. The Morgan fingerprint density at radius 1 is 0.897 bits per heavy atom. The molecule has 2 aliphatic heterocycles. The highest BCUT2D eigenvalue weighted by Crippen LogP contribution is 2.18. The number of hydrogen-bond acceptors (Lipinski definition) is 2. The van der Waals surface area contributed by atoms with Crippen LogP contribution in [0.3, 0.4) is 0 Å². The Balaban J connectivity index is 1.21. The van der Waals surface area contributed by atoms with E-state index in [2.05, 4.69) is 41.3 Å². The molecule has 0 radical (unpaired) electrons. The number of ether oxygens (including phenoxy) is 1. The largest absolute Gasteiger partial charge is 0.489 e. The summed E-state index contributed by atoms with van der Waals surface area (Å²) in [6.45, 7) is 5.77. The van der Waals surface area contributed by atoms with Gasteiger partial charge < -0.3 is 14.5 Å². The van der Waals surface area contributed by atoms with Gasteiger partial charge in [0.15, 0.2) is 0 Å². The Hall–Kier alpha value is -2.33. The molecule has 2 aliphatic rings. The second-order valence-electron chi connectivity index (χ2n) is 8.51. The summed E-state index contributed by atoms with van der Waals surface area (Å²) < 4.78 is 5.89. The molecule has 0 aromatic heterocycles. The summed E-state index contributed by atoms with van der Waals surface area (Å²) in [6, 6.07) is 18.8. The van der Waals surface area contributed by atoms with Gasteiger partial charge in [-0.15, -0.1) is 0 Å². The van der Waals surface area contributed by atoms with Gasteiger partial charge in [0.05, 0.1) is 13.1 Å². The maximum atomic E-state index is 12.7. The highest BCUT2D eigenvalue weighted by molar-refractivity contribution is 5.79. The maximum absolute atomic E-state index is 12.7. The average Bonchev–Trinajstić information content (AvgIpc) is 2.80. The first-order valence-corrected chi connectivity index (χ1v) is 11.2. The van der Waals surface area contributed by atoms with Crippen molar-refractivity contribution < 1.29 is 14.4 Å². The van der Waals surface area contributed by atoms with E-state index in [1.807, 2.05) is 18.2 Å². The Morgan fingerprint density at radius 3 is 2.28 bits per heavy atom. The van der Waals surface area contributed by atoms with Gasteiger partial charge in [-0.2, -0.15) is 0 Å². The fourth-order valence-corrected chi connectivity index (χ4v) is 4.56. The fraction of sp³-hybridized carbons (Fsp3) is 0.480. The summed E-state index contributed by atoms with van der Waals surface area (Å²) in [5.41, 5.74) is 2.52. The van der Waals surface area contributed by atoms with Gasteiger partial charge in [0, 0.05) is 37.4 Å². The van der Waals surface area contributed by atoms with E-state index in [1.54, 1.807) is 4.90 Å². The van der Waals surface area contributed by atoms with Crippen LogP contribution in [0.2, 0.25) is 0 Å². The first kappa shape index (κ1) is 20.0. The van der Waals surface area contributed by atoms with Crippen molar-refractivity contribution in [3.8, 4) is 5.75 Å². The minimum Gasteiger partial charge on any atom is -0.489 e. The lowest BCUT2D eigenvalue weighted by Crippen LogP contribution is -3.11. The van der Waals surface area contributed by atoms with E-state index in [9.17, 15) is 4.79 Å². The third kappa shape index (κ3) is 5.60. The van der Waals surface area contributed by atoms with Crippen LogP contribution in [0.5, 0.6) is 5.75 Å². The number of likely N-dealkylation sites (tertiary alicyclic amines) is 2. The highest BCUT2D eigenvalue weighted by Gasteiger charge is 2.30. The van der Waals surface area contributed by atoms with Crippen LogP contribution in [0.25, 0.3) is 0 Å². The summed E-state index contributed by atoms with van der Waals surface area (Å²) in [6.07, 6.45) is 5.70. The number of piperidine rings is 2. The van der Waals surface area contributed by atoms with Crippen molar-refractivity contribution in [2.75, 3.05) is 26.2 Å². The van der Waals surface area contributed by atoms with Gasteiger partial charge >= 0.3 is 0 Å². The van der Waals surface area contributed by atoms with Crippen LogP contribution in [0.1, 0.15) is 43.2 Å². The van der Waals surface area contributed by atoms with E-state index in [-0.39, 0.29) is 5.92 Å². The molecule has 0 unspecified atom stereocenters. The molecule has 0 bridgehead atoms. The lowest BCUT2D eigenvalue weighted by Gasteiger charge is -2.34. The van der Waals surface area contributed by atoms with Crippen LogP contribution in [0.4, 0.5) is 0 Å². The van der Waals surface area contributed by atoms with Crippen molar-refractivity contribution in [1.29, 1.82) is 0 Å². The fourth-order valence-electron chi connectivity index (χ4n) is 4.56. The average molecular weight is 394 g/mol. The number of carbonyl (C=O) groups is 1. The molecule has 29 heavy (non-hydrogen) atoms. The van der Waals surface area contributed by atoms with Crippen molar-refractivity contribution in [3.05, 3.63) is 65.7 Å². The molecular formula is C25H33N2O2+. The molecule has 0 spiro atoms. The van der Waals surface area contributed by atoms with E-state index in [1.165, 1.54) is 30.4 Å². The number of amides is 1. The molecule has 0 saturated carbocycles. The van der Waals surface area contributed by atoms with Gasteiger partial charge in [0.1, 0.15) is 18.9 Å². The Bertz CT molecular complexity index is 761. The molecule has 154 valence electrons. The van der Waals surface area contributed by atoms with Crippen molar-refractivity contribution in [3.63, 3.8) is 0 Å². The van der Waals surface area contributed by atoms with Gasteiger partial charge in [-0.3, -0.25) is 4.79 Å². The molecule has 4 rings (SSSR count). The molecule has 4 nitrogen and oxygen atoms in total. The summed E-state index contributed by atoms with van der Waals surface area (Å²) in [4.78, 5) is 16.4. The number of rotatable bonds is 6. The van der Waals surface area contributed by atoms with E-state index in [4.69, 9.17) is 4.74 Å². The van der Waals surface area contributed by atoms with Gasteiger partial charge in [-0.05, 0) is 49.1 Å². The SMILES string of the molecule is O=C(C1CC[NH+](Cc2ccc(OCc3ccccc3)cc2)CC1)N1CCCCC1. The lowest BCUT2D eigenvalue weighted by molar-refractivity contribution is -0.919. The highest BCUT2D eigenvalue weighted by atomic mass is 16.5. The predicted molar refractivity (Wildman–Crippen MR) is 115 cm³/mol. The molecule has 4 heteroatoms. The van der Waals surface area contributed by atoms with E-state index in [0.29, 0.717) is 12.5 Å². The summed E-state index contributed by atoms with van der Waals surface area (Å²) in [7, 11) is 0. The van der Waals surface area contributed by atoms with Crippen LogP contribution < -0.4 is 9.64 Å². The summed E-state index contributed by atoms with van der Waals surface area (Å²) in [5.74, 6) is 1.59. The quantitative estimate of drug-likeness (QED) is 0.818. The zero-order valence-electron chi connectivity index (χ0n) is 17.3. The van der Waals surface area contributed by atoms with Crippen molar-refractivity contribution >= 4 is 5.91 Å². The smallest absolute Gasteiger partial charge is 0.226 e. The number of hydrogen-bond donors (Lipinski definition) is 1. The topological polar surface area (TPSA) is 34.0 Å². The van der Waals surface area contributed by atoms with Crippen LogP contribution in [0.15, 0.2) is 54.6 Å². The van der Waals surface area contributed by atoms with Gasteiger partial charge in [0.25, 0.3) is 0 Å². The molecule has 2 saturated heterocycles. The molecule has 2 heterocycles. The van der Waals surface area contributed by atoms with Crippen LogP contribution >= 0.6 is 0 Å². The third-order valence-electron chi connectivity index (χ3n) is 6.34. The molecule has 1 N–H and O–H groups in total. The normalized spacial score (nSPS) is 22.3. The third-order valence-corrected chi connectivity index (χ3v) is 6.34. The maximum Gasteiger partial charge on any atom is 0.226 e. The van der Waals surface area contributed by atoms with Crippen molar-refractivity contribution in [2.24, 2.45) is 5.92 Å². The number of nitrogens with zero attached hydrogens (tertiary/aromatic N) is 1. The molecule has 2 aromatic rings. The van der Waals surface area contributed by atoms with Crippen LogP contribution in [-0.4, -0.2) is 37.0 Å². The zero-order valence-corrected chi connectivity index (χ0v) is 17.3. The number of benzene rings is 2. The minimum atomic E-state index is 0.255. The molecule has 0 atom stereocenters. The minimum absolute atomic E-state index is 0.255. The van der Waals surface area contributed by atoms with Gasteiger partial charge in [-0.1, -0.05) is 30.3 Å². The zero-order chi connectivity index (χ0) is 19.9. The van der Waals surface area contributed by atoms with Crippen LogP contribution in [0, 0.1) is 5.92 Å². The van der Waals surface area contributed by atoms with Crippen molar-refractivity contribution in [2.45, 2.75) is 45.3 Å². The lowest BCUT2D eigenvalue weighted by atomic mass is 9.94. The first-order valence-electron chi connectivity index (χ1n) is 11.2. The van der Waals surface area contributed by atoms with E-state index >= 15 is 0 Å². The number of carbonyl (C=O) groups excluding carboxylic acids is 1. The number of quaternary nitrogens is 1. The molecule has 1 amide bonds. The first-order chi connectivity index (χ1) is 14.3. The second-order valence-corrected chi connectivity index (χ2v) is 8.51. The standard InChI is InChI=1S/C25H32N2O2/c28-25(27-15-5-2-6-16-27)23-13-17-26(18-14-23)19-21-9-11-24(12-10-21)29-20-22-7-3-1-4-8-22/h1,3-4,7-12,23H,2,5-6,13-20H2/p+1. The van der Waals surface area contributed by atoms with Gasteiger partial charge in [0.2, 0.25) is 5.91 Å².